The Balaban J connectivity index is 2.07. The van der Waals surface area contributed by atoms with Crippen LogP contribution in [-0.4, -0.2) is 28.7 Å². The monoisotopic (exact) mass is 251 g/mol. The summed E-state index contributed by atoms with van der Waals surface area (Å²) in [6, 6.07) is 2.04. The van der Waals surface area contributed by atoms with E-state index in [0.717, 1.165) is 37.5 Å². The molecule has 0 radical (unpaired) electrons. The van der Waals surface area contributed by atoms with Gasteiger partial charge in [0, 0.05) is 19.1 Å². The minimum absolute atomic E-state index is 0.234. The second-order valence-corrected chi connectivity index (χ2v) is 4.54. The third-order valence-electron chi connectivity index (χ3n) is 3.13. The van der Waals surface area contributed by atoms with Crippen LogP contribution in [0.1, 0.15) is 32.5 Å². The number of nitrogen functional groups attached to an aromatic ring is 1. The maximum absolute atomic E-state index is 5.65. The number of aryl methyl sites for hydroxylation is 1. The standard InChI is InChI=1S/C12H21N5O/c1-3-10-15-11(7-12(16-10)17-13)14-8(2)9-5-4-6-18-9/h7-9H,3-6,13H2,1-2H3,(H2,14,15,16,17). The molecule has 1 aliphatic rings. The molecular weight excluding hydrogens is 230 g/mol. The Morgan fingerprint density at radius 2 is 2.28 bits per heavy atom. The molecule has 0 aromatic carbocycles. The largest absolute Gasteiger partial charge is 0.376 e. The summed E-state index contributed by atoms with van der Waals surface area (Å²) in [6.07, 6.45) is 3.27. The summed E-state index contributed by atoms with van der Waals surface area (Å²) in [5.74, 6) is 7.59. The second-order valence-electron chi connectivity index (χ2n) is 4.54. The molecule has 0 bridgehead atoms. The molecule has 1 aromatic rings. The van der Waals surface area contributed by atoms with Crippen LogP contribution in [0.25, 0.3) is 0 Å². The van der Waals surface area contributed by atoms with E-state index in [9.17, 15) is 0 Å². The van der Waals surface area contributed by atoms with Gasteiger partial charge in [-0.25, -0.2) is 15.8 Å². The fourth-order valence-corrected chi connectivity index (χ4v) is 2.13. The lowest BCUT2D eigenvalue weighted by molar-refractivity contribution is 0.0995. The molecule has 0 amide bonds. The van der Waals surface area contributed by atoms with Crippen molar-refractivity contribution >= 4 is 11.6 Å². The molecule has 6 nitrogen and oxygen atoms in total. The zero-order valence-electron chi connectivity index (χ0n) is 10.9. The van der Waals surface area contributed by atoms with Gasteiger partial charge in [-0.2, -0.15) is 0 Å². The van der Waals surface area contributed by atoms with E-state index in [1.54, 1.807) is 0 Å². The molecular formula is C12H21N5O. The fraction of sp³-hybridized carbons (Fsp3) is 0.667. The number of hydrazine groups is 1. The smallest absolute Gasteiger partial charge is 0.145 e. The molecule has 100 valence electrons. The van der Waals surface area contributed by atoms with Gasteiger partial charge in [-0.1, -0.05) is 6.92 Å². The van der Waals surface area contributed by atoms with E-state index in [2.05, 4.69) is 27.6 Å². The van der Waals surface area contributed by atoms with Crippen molar-refractivity contribution < 1.29 is 4.74 Å². The van der Waals surface area contributed by atoms with E-state index in [1.807, 2.05) is 13.0 Å². The summed E-state index contributed by atoms with van der Waals surface area (Å²) in [5.41, 5.74) is 2.56. The predicted octanol–water partition coefficient (Wildman–Crippen LogP) is 1.30. The molecule has 6 heteroatoms. The number of ether oxygens (including phenoxy) is 1. The van der Waals surface area contributed by atoms with Crippen molar-refractivity contribution in [3.05, 3.63) is 11.9 Å². The van der Waals surface area contributed by atoms with Gasteiger partial charge in [0.15, 0.2) is 0 Å². The van der Waals surface area contributed by atoms with Crippen molar-refractivity contribution in [3.63, 3.8) is 0 Å². The van der Waals surface area contributed by atoms with Crippen LogP contribution in [0.2, 0.25) is 0 Å². The number of hydrogen-bond donors (Lipinski definition) is 3. The SMILES string of the molecule is CCc1nc(NN)cc(NC(C)C2CCCO2)n1. The van der Waals surface area contributed by atoms with E-state index in [4.69, 9.17) is 10.6 Å². The van der Waals surface area contributed by atoms with Crippen molar-refractivity contribution in [2.75, 3.05) is 17.3 Å². The highest BCUT2D eigenvalue weighted by Crippen LogP contribution is 2.19. The Morgan fingerprint density at radius 1 is 1.50 bits per heavy atom. The average molecular weight is 251 g/mol. The Morgan fingerprint density at radius 3 is 2.89 bits per heavy atom. The topological polar surface area (TPSA) is 85.1 Å². The van der Waals surface area contributed by atoms with Gasteiger partial charge in [0.25, 0.3) is 0 Å². The van der Waals surface area contributed by atoms with E-state index >= 15 is 0 Å². The van der Waals surface area contributed by atoms with E-state index in [0.29, 0.717) is 5.82 Å². The lowest BCUT2D eigenvalue weighted by Crippen LogP contribution is -2.30. The van der Waals surface area contributed by atoms with Crippen LogP contribution in [0.4, 0.5) is 11.6 Å². The zero-order chi connectivity index (χ0) is 13.0. The van der Waals surface area contributed by atoms with Crippen molar-refractivity contribution in [3.8, 4) is 0 Å². The van der Waals surface area contributed by atoms with Crippen LogP contribution in [0.5, 0.6) is 0 Å². The number of nitrogens with one attached hydrogen (secondary N) is 2. The summed E-state index contributed by atoms with van der Waals surface area (Å²) in [4.78, 5) is 8.69. The molecule has 2 unspecified atom stereocenters. The summed E-state index contributed by atoms with van der Waals surface area (Å²) in [6.45, 7) is 4.98. The summed E-state index contributed by atoms with van der Waals surface area (Å²) in [7, 11) is 0. The van der Waals surface area contributed by atoms with Crippen LogP contribution in [-0.2, 0) is 11.2 Å². The third kappa shape index (κ3) is 3.08. The Labute approximate surface area is 107 Å². The number of nitrogens with two attached hydrogens (primary N) is 1. The molecule has 1 aliphatic heterocycles. The lowest BCUT2D eigenvalue weighted by Gasteiger charge is -2.21. The highest BCUT2D eigenvalue weighted by atomic mass is 16.5. The molecule has 0 saturated carbocycles. The number of nitrogens with zero attached hydrogens (tertiary/aromatic N) is 2. The van der Waals surface area contributed by atoms with Crippen molar-refractivity contribution in [2.24, 2.45) is 5.84 Å². The summed E-state index contributed by atoms with van der Waals surface area (Å²) < 4.78 is 5.65. The first-order chi connectivity index (χ1) is 8.72. The van der Waals surface area contributed by atoms with Gasteiger partial charge in [-0.3, -0.25) is 0 Å². The van der Waals surface area contributed by atoms with Crippen molar-refractivity contribution in [1.29, 1.82) is 0 Å². The van der Waals surface area contributed by atoms with Gasteiger partial charge in [-0.05, 0) is 19.8 Å². The highest BCUT2D eigenvalue weighted by Gasteiger charge is 2.22. The van der Waals surface area contributed by atoms with E-state index in [-0.39, 0.29) is 12.1 Å². The minimum atomic E-state index is 0.234. The van der Waals surface area contributed by atoms with E-state index in [1.165, 1.54) is 0 Å². The quantitative estimate of drug-likeness (QED) is 0.540. The molecule has 0 aliphatic carbocycles. The first kappa shape index (κ1) is 13.0. The van der Waals surface area contributed by atoms with Crippen LogP contribution in [0.15, 0.2) is 6.07 Å². The first-order valence-electron chi connectivity index (χ1n) is 6.45. The molecule has 4 N–H and O–H groups in total. The van der Waals surface area contributed by atoms with Crippen molar-refractivity contribution in [2.45, 2.75) is 45.3 Å². The normalized spacial score (nSPS) is 20.7. The van der Waals surface area contributed by atoms with Crippen molar-refractivity contribution in [1.82, 2.24) is 9.97 Å². The Bertz CT molecular complexity index is 370. The third-order valence-corrected chi connectivity index (χ3v) is 3.13. The van der Waals surface area contributed by atoms with Gasteiger partial charge < -0.3 is 15.5 Å². The van der Waals surface area contributed by atoms with Gasteiger partial charge >= 0.3 is 0 Å². The van der Waals surface area contributed by atoms with Gasteiger partial charge in [-0.15, -0.1) is 0 Å². The maximum atomic E-state index is 5.65. The molecule has 1 saturated heterocycles. The number of hydrogen-bond acceptors (Lipinski definition) is 6. The van der Waals surface area contributed by atoms with Crippen LogP contribution >= 0.6 is 0 Å². The predicted molar refractivity (Wildman–Crippen MR) is 71.3 cm³/mol. The Hall–Kier alpha value is -1.40. The second kappa shape index (κ2) is 5.97. The Kier molecular flexibility index (Phi) is 4.33. The van der Waals surface area contributed by atoms with Gasteiger partial charge in [0.05, 0.1) is 12.1 Å². The molecule has 1 aromatic heterocycles. The molecule has 0 spiro atoms. The van der Waals surface area contributed by atoms with Gasteiger partial charge in [0.1, 0.15) is 17.5 Å². The molecule has 2 heterocycles. The molecule has 2 rings (SSSR count). The van der Waals surface area contributed by atoms with E-state index < -0.39 is 0 Å². The lowest BCUT2D eigenvalue weighted by atomic mass is 10.1. The van der Waals surface area contributed by atoms with Crippen LogP contribution in [0.3, 0.4) is 0 Å². The van der Waals surface area contributed by atoms with Crippen LogP contribution in [0, 0.1) is 0 Å². The maximum Gasteiger partial charge on any atom is 0.145 e. The average Bonchev–Trinajstić information content (AvgIpc) is 2.92. The van der Waals surface area contributed by atoms with Gasteiger partial charge in [0.2, 0.25) is 0 Å². The summed E-state index contributed by atoms with van der Waals surface area (Å²) in [5, 5.41) is 3.36. The minimum Gasteiger partial charge on any atom is -0.376 e. The zero-order valence-corrected chi connectivity index (χ0v) is 10.9. The molecule has 1 fully saturated rings. The van der Waals surface area contributed by atoms with Crippen LogP contribution < -0.4 is 16.6 Å². The number of anilines is 2. The number of aromatic nitrogens is 2. The molecule has 18 heavy (non-hydrogen) atoms. The number of rotatable bonds is 5. The first-order valence-corrected chi connectivity index (χ1v) is 6.45. The highest BCUT2D eigenvalue weighted by molar-refractivity contribution is 5.47. The summed E-state index contributed by atoms with van der Waals surface area (Å²) >= 11 is 0. The fourth-order valence-electron chi connectivity index (χ4n) is 2.13. The molecule has 2 atom stereocenters.